The highest BCUT2D eigenvalue weighted by atomic mass is 19.1. The molecule has 2 aromatic heterocycles. The van der Waals surface area contributed by atoms with E-state index in [4.69, 9.17) is 10.2 Å². The third-order valence-electron chi connectivity index (χ3n) is 17.8. The summed E-state index contributed by atoms with van der Waals surface area (Å²) in [6, 6.07) is 15.1. The molecule has 4 aliphatic heterocycles. The molecule has 0 unspecified atom stereocenters. The number of carbonyl (C=O) groups excluding carboxylic acids is 6. The van der Waals surface area contributed by atoms with Crippen molar-refractivity contribution < 1.29 is 47.8 Å². The fraction of sp³-hybridized carbons (Fsp3) is 0.576. The van der Waals surface area contributed by atoms with Gasteiger partial charge in [0, 0.05) is 38.3 Å². The molecule has 22 nitrogen and oxygen atoms in total. The first-order chi connectivity index (χ1) is 43.6. The molecule has 0 bridgehead atoms. The van der Waals surface area contributed by atoms with Gasteiger partial charge in [0.25, 0.3) is 0 Å². The van der Waals surface area contributed by atoms with Gasteiger partial charge in [0.1, 0.15) is 47.2 Å². The minimum absolute atomic E-state index is 0.0804. The van der Waals surface area contributed by atoms with Crippen LogP contribution < -0.4 is 31.9 Å². The van der Waals surface area contributed by atoms with Crippen LogP contribution in [0, 0.1) is 11.6 Å². The van der Waals surface area contributed by atoms with Crippen LogP contribution in [-0.2, 0) is 54.7 Å². The summed E-state index contributed by atoms with van der Waals surface area (Å²) in [7, 11) is 0. The monoisotopic (exact) mass is 1250 g/mol. The Kier molecular flexibility index (Phi) is 25.9. The molecule has 9 rings (SSSR count). The maximum absolute atomic E-state index is 14.1. The second-order valence-electron chi connectivity index (χ2n) is 24.2. The van der Waals surface area contributed by atoms with Gasteiger partial charge >= 0.3 is 0 Å². The van der Waals surface area contributed by atoms with E-state index in [9.17, 15) is 37.5 Å². The number of aliphatic hydroxyl groups is 2. The molecule has 6 amide bonds. The van der Waals surface area contributed by atoms with Crippen LogP contribution in [0.2, 0.25) is 0 Å². The number of aromatic nitrogens is 6. The number of rotatable bonds is 27. The number of hydrogen-bond donors (Lipinski definition) is 8. The molecule has 488 valence electrons. The van der Waals surface area contributed by atoms with Gasteiger partial charge in [-0.15, -0.1) is 10.2 Å². The van der Waals surface area contributed by atoms with Crippen molar-refractivity contribution in [2.75, 3.05) is 26.3 Å². The minimum atomic E-state index is -0.745. The third kappa shape index (κ3) is 18.6. The van der Waals surface area contributed by atoms with Gasteiger partial charge in [-0.05, 0) is 151 Å². The Morgan fingerprint density at radius 3 is 1.40 bits per heavy atom. The Morgan fingerprint density at radius 1 is 0.556 bits per heavy atom. The molecule has 0 aliphatic carbocycles. The molecule has 0 spiro atoms. The molecule has 4 saturated heterocycles. The molecule has 4 aliphatic rings. The Bertz CT molecular complexity index is 3110. The zero-order chi connectivity index (χ0) is 64.1. The zero-order valence-electron chi connectivity index (χ0n) is 52.5. The summed E-state index contributed by atoms with van der Waals surface area (Å²) in [4.78, 5) is 84.6. The van der Waals surface area contributed by atoms with E-state index >= 15 is 0 Å². The van der Waals surface area contributed by atoms with Crippen molar-refractivity contribution >= 4 is 35.4 Å². The maximum atomic E-state index is 14.1. The number of benzene rings is 3. The number of hydrogen-bond acceptors (Lipinski definition) is 14. The van der Waals surface area contributed by atoms with E-state index in [2.05, 4.69) is 83.7 Å². The number of carbonyl (C=O) groups is 6. The van der Waals surface area contributed by atoms with Crippen molar-refractivity contribution in [3.05, 3.63) is 130 Å². The van der Waals surface area contributed by atoms with E-state index in [1.807, 2.05) is 13.1 Å². The molecule has 5 aromatic rings. The smallest absolute Gasteiger partial charge is 0.246 e. The lowest BCUT2D eigenvalue weighted by atomic mass is 9.98. The number of aliphatic hydroxyl groups excluding tert-OH is 2. The molecule has 0 radical (unpaired) electrons. The summed E-state index contributed by atoms with van der Waals surface area (Å²) in [6.45, 7) is 9.10. The first-order valence-electron chi connectivity index (χ1n) is 32.5. The second kappa shape index (κ2) is 34.0. The number of aryl methyl sites for hydroxylation is 4. The lowest BCUT2D eigenvalue weighted by Crippen LogP contribution is -2.58. The predicted octanol–water partition coefficient (Wildman–Crippen LogP) is 5.41. The summed E-state index contributed by atoms with van der Waals surface area (Å²) in [5.74, 6) is -2.58. The van der Waals surface area contributed by atoms with Gasteiger partial charge in [-0.3, -0.25) is 38.1 Å². The number of fused-ring (bicyclic) bond motifs is 2. The summed E-state index contributed by atoms with van der Waals surface area (Å²) >= 11 is 0. The lowest BCUT2D eigenvalue weighted by Gasteiger charge is -2.36. The maximum Gasteiger partial charge on any atom is 0.246 e. The van der Waals surface area contributed by atoms with Crippen molar-refractivity contribution in [2.45, 2.75) is 217 Å². The van der Waals surface area contributed by atoms with E-state index in [1.54, 1.807) is 63.5 Å². The number of halogens is 2. The van der Waals surface area contributed by atoms with E-state index in [1.165, 1.54) is 48.2 Å². The van der Waals surface area contributed by atoms with Crippen LogP contribution in [0.4, 0.5) is 8.78 Å². The van der Waals surface area contributed by atoms with Crippen LogP contribution in [0.15, 0.2) is 85.2 Å². The first kappa shape index (κ1) is 68.4. The highest BCUT2D eigenvalue weighted by Gasteiger charge is 2.46. The van der Waals surface area contributed by atoms with Gasteiger partial charge in [-0.25, -0.2) is 8.78 Å². The fourth-order valence-electron chi connectivity index (χ4n) is 12.6. The largest absolute Gasteiger partial charge is 0.395 e. The molecule has 8 N–H and O–H groups in total. The second-order valence-corrected chi connectivity index (χ2v) is 24.2. The summed E-state index contributed by atoms with van der Waals surface area (Å²) in [5.41, 5.74) is 5.05. The predicted molar refractivity (Wildman–Crippen MR) is 334 cm³/mol. The number of unbranched alkanes of at least 4 members (excludes halogenated alkanes) is 2. The molecule has 10 atom stereocenters. The van der Waals surface area contributed by atoms with E-state index in [0.717, 1.165) is 64.2 Å². The van der Waals surface area contributed by atoms with E-state index in [-0.39, 0.29) is 85.5 Å². The molecule has 3 aromatic carbocycles. The Balaban J connectivity index is 0.000000241. The van der Waals surface area contributed by atoms with Crippen molar-refractivity contribution in [3.63, 3.8) is 0 Å². The van der Waals surface area contributed by atoms with Crippen LogP contribution in [-0.4, -0.2) is 160 Å². The van der Waals surface area contributed by atoms with Crippen LogP contribution in [0.1, 0.15) is 176 Å². The highest BCUT2D eigenvalue weighted by Crippen LogP contribution is 2.35. The lowest BCUT2D eigenvalue weighted by molar-refractivity contribution is -0.144. The third-order valence-corrected chi connectivity index (χ3v) is 17.8. The van der Waals surface area contributed by atoms with Crippen molar-refractivity contribution in [1.82, 2.24) is 71.7 Å². The number of nitrogens with zero attached hydrogens (tertiary/aromatic N) is 8. The van der Waals surface area contributed by atoms with Crippen molar-refractivity contribution in [1.29, 1.82) is 0 Å². The van der Waals surface area contributed by atoms with Gasteiger partial charge in [0.15, 0.2) is 0 Å². The minimum Gasteiger partial charge on any atom is -0.395 e. The molecule has 90 heavy (non-hydrogen) atoms. The Hall–Kier alpha value is -7.54. The topological polar surface area (TPSA) is 283 Å². The molecular weight excluding hydrogens is 1150 g/mol. The molecule has 0 saturated carbocycles. The van der Waals surface area contributed by atoms with Crippen LogP contribution in [0.5, 0.6) is 0 Å². The molecule has 24 heteroatoms. The number of amides is 6. The van der Waals surface area contributed by atoms with Gasteiger partial charge in [0.05, 0.1) is 49.8 Å². The van der Waals surface area contributed by atoms with Gasteiger partial charge in [-0.2, -0.15) is 0 Å². The standard InChI is InChI=1S/C39H54FN7O4.C27H38FN7O4/c1-3-4-9-28-13-15-29(16-14-28)10-7-8-24-46-26-34(44-45-46)36(30-17-19-31(40)20-18-30)43-38(50)35-22-21-32-11-5-6-12-33(39(51)47(32)35)42-37(49)27(2)41-23-25-48;1-3-34-16-22(32-33-34)24(18-8-10-19(28)11-9-18)31-26(38)23-13-12-20-6-4-5-7-21(27(39)35(20)23)30-25(37)17(2)29-14-15-36/h13-20,26-27,32-33,35-36,41,48H,3-12,21-25H2,1-2H3,(H,42,49)(H,43,50);8-11,16-17,20-21,23-24,29,36H,3-7,12-15H2,1-2H3,(H,30,37)(H,31,38)/t27-,32-,33-,35-,36-;17-,20-,21-,23-,24-/m00/s1. The average Bonchev–Trinajstić information content (AvgIpc) is 1.68. The van der Waals surface area contributed by atoms with E-state index < -0.39 is 48.3 Å². The SMILES string of the molecule is CCCCc1ccc(CCCCn2cc([C@@H](NC(=O)[C@@H]3CC[C@@H]4CCCC[C@H](NC(=O)[C@H](C)NCCO)C(=O)N43)c3ccc(F)cc3)nn2)cc1.CCn1cc([C@@H](NC(=O)[C@@H]2CC[C@@H]3CCCC[C@H](NC(=O)[C@H](C)NCCO)C(=O)N32)c2ccc(F)cc2)nn1. The van der Waals surface area contributed by atoms with Gasteiger partial charge in [0.2, 0.25) is 35.4 Å². The van der Waals surface area contributed by atoms with Crippen molar-refractivity contribution in [2.24, 2.45) is 0 Å². The normalized spacial score (nSPS) is 21.4. The quantitative estimate of drug-likeness (QED) is 0.0306. The van der Waals surface area contributed by atoms with Gasteiger partial charge in [-0.1, -0.05) is 98.0 Å². The molecule has 4 fully saturated rings. The van der Waals surface area contributed by atoms with Crippen molar-refractivity contribution in [3.8, 4) is 0 Å². The summed E-state index contributed by atoms with van der Waals surface area (Å²) in [6.07, 6.45) is 18.3. The fourth-order valence-corrected chi connectivity index (χ4v) is 12.6. The zero-order valence-corrected chi connectivity index (χ0v) is 52.5. The Labute approximate surface area is 526 Å². The first-order valence-corrected chi connectivity index (χ1v) is 32.5. The molecular formula is C66H92F2N14O8. The average molecular weight is 1250 g/mol. The van der Waals surface area contributed by atoms with Crippen LogP contribution in [0.3, 0.4) is 0 Å². The molecule has 6 heterocycles. The van der Waals surface area contributed by atoms with Crippen LogP contribution in [0.25, 0.3) is 0 Å². The van der Waals surface area contributed by atoms with E-state index in [0.29, 0.717) is 74.1 Å². The van der Waals surface area contributed by atoms with Gasteiger partial charge < -0.3 is 51.9 Å². The van der Waals surface area contributed by atoms with Crippen LogP contribution >= 0.6 is 0 Å². The number of nitrogens with one attached hydrogen (secondary N) is 6. The Morgan fingerprint density at radius 2 is 0.978 bits per heavy atom. The summed E-state index contributed by atoms with van der Waals surface area (Å²) in [5, 5.41) is 53.0. The summed E-state index contributed by atoms with van der Waals surface area (Å²) < 4.78 is 31.0. The highest BCUT2D eigenvalue weighted by molar-refractivity contribution is 5.95.